The zero-order valence-corrected chi connectivity index (χ0v) is 10.9. The van der Waals surface area contributed by atoms with Crippen molar-refractivity contribution in [3.8, 4) is 0 Å². The van der Waals surface area contributed by atoms with Crippen molar-refractivity contribution in [3.63, 3.8) is 0 Å². The maximum Gasteiger partial charge on any atom is 0.319 e. The summed E-state index contributed by atoms with van der Waals surface area (Å²) in [7, 11) is 0. The molecule has 0 amide bonds. The van der Waals surface area contributed by atoms with Crippen LogP contribution in [0.1, 0.15) is 27.2 Å². The van der Waals surface area contributed by atoms with Gasteiger partial charge in [0.05, 0.1) is 13.2 Å². The van der Waals surface area contributed by atoms with Crippen molar-refractivity contribution in [1.29, 1.82) is 0 Å². The quantitative estimate of drug-likeness (QED) is 0.550. The molecule has 2 N–H and O–H groups in total. The van der Waals surface area contributed by atoms with Gasteiger partial charge in [0.1, 0.15) is 5.41 Å². The van der Waals surface area contributed by atoms with E-state index in [1.165, 1.54) is 0 Å². The molecule has 5 heteroatoms. The molecular weight excluding hydrogens is 220 g/mol. The Kier molecular flexibility index (Phi) is 4.65. The van der Waals surface area contributed by atoms with Gasteiger partial charge in [0.2, 0.25) is 0 Å². The minimum absolute atomic E-state index is 0.106. The fourth-order valence-corrected chi connectivity index (χ4v) is 1.83. The van der Waals surface area contributed by atoms with Gasteiger partial charge >= 0.3 is 5.97 Å². The van der Waals surface area contributed by atoms with E-state index < -0.39 is 11.4 Å². The summed E-state index contributed by atoms with van der Waals surface area (Å²) >= 11 is 0. The molecule has 1 aliphatic heterocycles. The van der Waals surface area contributed by atoms with E-state index in [2.05, 4.69) is 0 Å². The van der Waals surface area contributed by atoms with Crippen LogP contribution >= 0.6 is 0 Å². The summed E-state index contributed by atoms with van der Waals surface area (Å²) in [5, 5.41) is 0. The van der Waals surface area contributed by atoms with Crippen LogP contribution in [0, 0.1) is 5.41 Å². The number of likely N-dealkylation sites (tertiary alicyclic amines) is 1. The average Bonchev–Trinajstić information content (AvgIpc) is 2.64. The maximum absolute atomic E-state index is 12.1. The molecule has 1 rings (SSSR count). The summed E-state index contributed by atoms with van der Waals surface area (Å²) in [4.78, 5) is 25.7. The van der Waals surface area contributed by atoms with Gasteiger partial charge in [0, 0.05) is 19.1 Å². The minimum Gasteiger partial charge on any atom is -0.465 e. The largest absolute Gasteiger partial charge is 0.465 e. The van der Waals surface area contributed by atoms with E-state index in [-0.39, 0.29) is 18.4 Å². The summed E-state index contributed by atoms with van der Waals surface area (Å²) in [5.41, 5.74) is 4.71. The fraction of sp³-hybridized carbons (Fsp3) is 0.833. The number of nitrogens with two attached hydrogens (primary N) is 1. The molecule has 0 saturated carbocycles. The monoisotopic (exact) mass is 242 g/mol. The molecule has 17 heavy (non-hydrogen) atoms. The van der Waals surface area contributed by atoms with Gasteiger partial charge in [-0.15, -0.1) is 0 Å². The van der Waals surface area contributed by atoms with Crippen LogP contribution in [0.5, 0.6) is 0 Å². The number of hydrogen-bond acceptors (Lipinski definition) is 5. The lowest BCUT2D eigenvalue weighted by molar-refractivity contribution is -0.158. The Morgan fingerprint density at radius 3 is 2.59 bits per heavy atom. The maximum atomic E-state index is 12.1. The van der Waals surface area contributed by atoms with Crippen molar-refractivity contribution < 1.29 is 14.3 Å². The van der Waals surface area contributed by atoms with E-state index in [4.69, 9.17) is 10.5 Å². The predicted molar refractivity (Wildman–Crippen MR) is 64.5 cm³/mol. The van der Waals surface area contributed by atoms with Crippen molar-refractivity contribution in [2.24, 2.45) is 11.1 Å². The zero-order chi connectivity index (χ0) is 13.1. The molecule has 0 aromatic carbocycles. The number of carbonyl (C=O) groups excluding carboxylic acids is 2. The van der Waals surface area contributed by atoms with Crippen LogP contribution in [-0.2, 0) is 14.3 Å². The molecule has 0 spiro atoms. The van der Waals surface area contributed by atoms with Crippen LogP contribution in [0.4, 0.5) is 0 Å². The first-order valence-electron chi connectivity index (χ1n) is 6.06. The average molecular weight is 242 g/mol. The van der Waals surface area contributed by atoms with Gasteiger partial charge in [0.15, 0.2) is 5.78 Å². The highest BCUT2D eigenvalue weighted by molar-refractivity contribution is 6.03. The molecule has 1 aliphatic rings. The lowest BCUT2D eigenvalue weighted by atomic mass is 9.88. The Balaban J connectivity index is 2.53. The molecule has 0 radical (unpaired) electrons. The Morgan fingerprint density at radius 2 is 2.12 bits per heavy atom. The third kappa shape index (κ3) is 3.51. The first-order chi connectivity index (χ1) is 7.87. The molecule has 0 aromatic heterocycles. The number of carbonyl (C=O) groups is 2. The molecule has 5 nitrogen and oxygen atoms in total. The second-order valence-electron chi connectivity index (χ2n) is 5.05. The highest BCUT2D eigenvalue weighted by Crippen LogP contribution is 2.20. The summed E-state index contributed by atoms with van der Waals surface area (Å²) in [6.07, 6.45) is 0.910. The van der Waals surface area contributed by atoms with E-state index >= 15 is 0 Å². The van der Waals surface area contributed by atoms with Crippen LogP contribution in [-0.4, -0.2) is 48.9 Å². The minimum atomic E-state index is -1.07. The first-order valence-corrected chi connectivity index (χ1v) is 6.06. The zero-order valence-electron chi connectivity index (χ0n) is 10.9. The number of ketones is 1. The van der Waals surface area contributed by atoms with E-state index in [0.717, 1.165) is 19.5 Å². The van der Waals surface area contributed by atoms with Crippen LogP contribution < -0.4 is 5.73 Å². The summed E-state index contributed by atoms with van der Waals surface area (Å²) < 4.78 is 4.91. The van der Waals surface area contributed by atoms with Crippen LogP contribution in [0.2, 0.25) is 0 Å². The lowest BCUT2D eigenvalue weighted by Crippen LogP contribution is -2.42. The predicted octanol–water partition coefficient (Wildman–Crippen LogP) is 0.178. The number of rotatable bonds is 5. The molecule has 0 aromatic rings. The third-order valence-corrected chi connectivity index (χ3v) is 3.16. The van der Waals surface area contributed by atoms with Crippen molar-refractivity contribution in [1.82, 2.24) is 4.90 Å². The van der Waals surface area contributed by atoms with Crippen molar-refractivity contribution in [2.75, 3.05) is 26.2 Å². The molecule has 1 heterocycles. The number of esters is 1. The summed E-state index contributed by atoms with van der Waals surface area (Å²) in [6, 6.07) is 0.147. The molecule has 1 unspecified atom stereocenters. The van der Waals surface area contributed by atoms with Crippen molar-refractivity contribution in [3.05, 3.63) is 0 Å². The topological polar surface area (TPSA) is 72.6 Å². The van der Waals surface area contributed by atoms with Crippen molar-refractivity contribution >= 4 is 11.8 Å². The Hall–Kier alpha value is -0.940. The Morgan fingerprint density at radius 1 is 1.47 bits per heavy atom. The standard InChI is InChI=1S/C12H22N2O3/c1-4-17-11(16)12(2,3)10(15)8-14-6-5-9(13)7-14/h9H,4-8,13H2,1-3H3. The van der Waals surface area contributed by atoms with Crippen LogP contribution in [0.3, 0.4) is 0 Å². The lowest BCUT2D eigenvalue weighted by Gasteiger charge is -2.24. The van der Waals surface area contributed by atoms with E-state index in [9.17, 15) is 9.59 Å². The highest BCUT2D eigenvalue weighted by atomic mass is 16.5. The molecule has 1 atom stereocenters. The van der Waals surface area contributed by atoms with E-state index in [0.29, 0.717) is 6.61 Å². The number of hydrogen-bond donors (Lipinski definition) is 1. The Bertz CT molecular complexity index is 302. The second-order valence-corrected chi connectivity index (χ2v) is 5.05. The third-order valence-electron chi connectivity index (χ3n) is 3.16. The van der Waals surface area contributed by atoms with Gasteiger partial charge in [-0.2, -0.15) is 0 Å². The van der Waals surface area contributed by atoms with E-state index in [1.54, 1.807) is 20.8 Å². The smallest absolute Gasteiger partial charge is 0.319 e. The number of ether oxygens (including phenoxy) is 1. The van der Waals surface area contributed by atoms with Gasteiger partial charge in [-0.1, -0.05) is 0 Å². The molecular formula is C12H22N2O3. The van der Waals surface area contributed by atoms with Crippen LogP contribution in [0.25, 0.3) is 0 Å². The summed E-state index contributed by atoms with van der Waals surface area (Å²) in [6.45, 7) is 7.09. The highest BCUT2D eigenvalue weighted by Gasteiger charge is 2.38. The number of nitrogens with zero attached hydrogens (tertiary/aromatic N) is 1. The fourth-order valence-electron chi connectivity index (χ4n) is 1.83. The van der Waals surface area contributed by atoms with Gasteiger partial charge in [-0.05, 0) is 27.2 Å². The van der Waals surface area contributed by atoms with Crippen LogP contribution in [0.15, 0.2) is 0 Å². The molecule has 0 bridgehead atoms. The van der Waals surface area contributed by atoms with Gasteiger partial charge in [-0.3, -0.25) is 14.5 Å². The molecule has 98 valence electrons. The normalized spacial score (nSPS) is 21.5. The van der Waals surface area contributed by atoms with Crippen molar-refractivity contribution in [2.45, 2.75) is 33.2 Å². The Labute approximate surface area is 102 Å². The molecule has 0 aliphatic carbocycles. The SMILES string of the molecule is CCOC(=O)C(C)(C)C(=O)CN1CCC(N)C1. The summed E-state index contributed by atoms with van der Waals surface area (Å²) in [5.74, 6) is -0.557. The first kappa shape index (κ1) is 14.1. The number of Topliss-reactive ketones (excluding diaryl/α,β-unsaturated/α-hetero) is 1. The van der Waals surface area contributed by atoms with Gasteiger partial charge in [-0.25, -0.2) is 0 Å². The molecule has 1 saturated heterocycles. The van der Waals surface area contributed by atoms with Gasteiger partial charge in [0.25, 0.3) is 0 Å². The second kappa shape index (κ2) is 5.60. The van der Waals surface area contributed by atoms with Gasteiger partial charge < -0.3 is 10.5 Å². The molecule has 1 fully saturated rings. The van der Waals surface area contributed by atoms with E-state index in [1.807, 2.05) is 4.90 Å².